The Balaban J connectivity index is 1.68. The van der Waals surface area contributed by atoms with Gasteiger partial charge in [0.2, 0.25) is 0 Å². The van der Waals surface area contributed by atoms with Crippen molar-refractivity contribution in [3.8, 4) is 5.75 Å². The average Bonchev–Trinajstić information content (AvgIpc) is 2.95. The van der Waals surface area contributed by atoms with Crippen LogP contribution in [0.5, 0.6) is 5.75 Å². The highest BCUT2D eigenvalue weighted by atomic mass is 79.9. The summed E-state index contributed by atoms with van der Waals surface area (Å²) in [5.74, 6) is -0.236. The SMILES string of the molecule is O=C(Cn1cnc2ccccc21)N/N=C\c1cc(Br)cc(Br)c1O. The van der Waals surface area contributed by atoms with Crippen molar-refractivity contribution in [1.29, 1.82) is 0 Å². The van der Waals surface area contributed by atoms with E-state index in [-0.39, 0.29) is 18.2 Å². The van der Waals surface area contributed by atoms with Crippen molar-refractivity contribution >= 4 is 55.0 Å². The van der Waals surface area contributed by atoms with Gasteiger partial charge in [-0.2, -0.15) is 5.10 Å². The van der Waals surface area contributed by atoms with E-state index in [1.165, 1.54) is 6.21 Å². The largest absolute Gasteiger partial charge is 0.506 e. The fourth-order valence-electron chi connectivity index (χ4n) is 2.18. The zero-order chi connectivity index (χ0) is 17.1. The summed E-state index contributed by atoms with van der Waals surface area (Å²) in [6.07, 6.45) is 3.00. The normalized spacial score (nSPS) is 11.2. The van der Waals surface area contributed by atoms with E-state index in [4.69, 9.17) is 0 Å². The molecule has 3 aromatic rings. The Morgan fingerprint density at radius 1 is 1.33 bits per heavy atom. The fraction of sp³-hybridized carbons (Fsp3) is 0.0625. The number of nitrogens with zero attached hydrogens (tertiary/aromatic N) is 3. The van der Waals surface area contributed by atoms with Crippen molar-refractivity contribution in [2.45, 2.75) is 6.54 Å². The van der Waals surface area contributed by atoms with Crippen LogP contribution in [0.2, 0.25) is 0 Å². The third-order valence-electron chi connectivity index (χ3n) is 3.29. The number of nitrogens with one attached hydrogen (secondary N) is 1. The van der Waals surface area contributed by atoms with Gasteiger partial charge in [-0.15, -0.1) is 0 Å². The predicted molar refractivity (Wildman–Crippen MR) is 99.0 cm³/mol. The van der Waals surface area contributed by atoms with Crippen LogP contribution in [0.15, 0.2) is 56.8 Å². The van der Waals surface area contributed by atoms with Crippen LogP contribution in [0.4, 0.5) is 0 Å². The first-order valence-corrected chi connectivity index (χ1v) is 8.53. The second kappa shape index (κ2) is 7.14. The highest BCUT2D eigenvalue weighted by molar-refractivity contribution is 9.11. The number of hydrazone groups is 1. The van der Waals surface area contributed by atoms with E-state index in [1.807, 2.05) is 24.3 Å². The van der Waals surface area contributed by atoms with Crippen LogP contribution in [0, 0.1) is 0 Å². The maximum atomic E-state index is 12.0. The molecular weight excluding hydrogens is 440 g/mol. The number of hydrogen-bond donors (Lipinski definition) is 2. The summed E-state index contributed by atoms with van der Waals surface area (Å²) in [7, 11) is 0. The van der Waals surface area contributed by atoms with Gasteiger partial charge in [0.15, 0.2) is 0 Å². The first-order chi connectivity index (χ1) is 11.5. The molecule has 1 aromatic heterocycles. The average molecular weight is 452 g/mol. The molecule has 0 aliphatic rings. The number of fused-ring (bicyclic) bond motifs is 1. The van der Waals surface area contributed by atoms with Gasteiger partial charge in [-0.1, -0.05) is 28.1 Å². The van der Waals surface area contributed by atoms with Gasteiger partial charge in [0.05, 0.1) is 28.0 Å². The lowest BCUT2D eigenvalue weighted by atomic mass is 10.2. The van der Waals surface area contributed by atoms with Crippen LogP contribution in [0.1, 0.15) is 5.56 Å². The molecule has 1 amide bonds. The van der Waals surface area contributed by atoms with Gasteiger partial charge >= 0.3 is 0 Å². The third kappa shape index (κ3) is 3.65. The molecule has 0 saturated carbocycles. The van der Waals surface area contributed by atoms with Gasteiger partial charge in [0, 0.05) is 10.0 Å². The van der Waals surface area contributed by atoms with Crippen LogP contribution in [-0.2, 0) is 11.3 Å². The van der Waals surface area contributed by atoms with Crippen molar-refractivity contribution < 1.29 is 9.90 Å². The number of imidazole rings is 1. The van der Waals surface area contributed by atoms with Gasteiger partial charge in [-0.3, -0.25) is 4.79 Å². The molecule has 2 aromatic carbocycles. The van der Waals surface area contributed by atoms with Crippen molar-refractivity contribution in [1.82, 2.24) is 15.0 Å². The molecule has 24 heavy (non-hydrogen) atoms. The monoisotopic (exact) mass is 450 g/mol. The van der Waals surface area contributed by atoms with E-state index < -0.39 is 0 Å². The number of halogens is 2. The third-order valence-corrected chi connectivity index (χ3v) is 4.35. The lowest BCUT2D eigenvalue weighted by Gasteiger charge is -2.04. The standard InChI is InChI=1S/C16H12Br2N4O2/c17-11-5-10(16(24)12(18)6-11)7-20-21-15(23)8-22-9-19-13-3-1-2-4-14(13)22/h1-7,9,24H,8H2,(H,21,23)/b20-7-. The Labute approximate surface area is 154 Å². The van der Waals surface area contributed by atoms with E-state index in [2.05, 4.69) is 47.4 Å². The van der Waals surface area contributed by atoms with E-state index in [0.29, 0.717) is 10.0 Å². The Morgan fingerprint density at radius 3 is 2.96 bits per heavy atom. The Hall–Kier alpha value is -2.19. The molecule has 1 heterocycles. The van der Waals surface area contributed by atoms with Crippen molar-refractivity contribution in [2.75, 3.05) is 0 Å². The molecule has 0 atom stereocenters. The molecule has 0 fully saturated rings. The molecule has 0 aliphatic carbocycles. The smallest absolute Gasteiger partial charge is 0.260 e. The van der Waals surface area contributed by atoms with E-state index >= 15 is 0 Å². The number of hydrogen-bond acceptors (Lipinski definition) is 4. The van der Waals surface area contributed by atoms with Gasteiger partial charge in [-0.25, -0.2) is 10.4 Å². The molecule has 0 spiro atoms. The topological polar surface area (TPSA) is 79.5 Å². The Kier molecular flexibility index (Phi) is 4.96. The number of rotatable bonds is 4. The number of amides is 1. The van der Waals surface area contributed by atoms with Crippen molar-refractivity contribution in [3.05, 3.63) is 57.2 Å². The van der Waals surface area contributed by atoms with Crippen molar-refractivity contribution in [2.24, 2.45) is 5.10 Å². The summed E-state index contributed by atoms with van der Waals surface area (Å²) < 4.78 is 3.06. The number of benzene rings is 2. The molecule has 8 heteroatoms. The molecule has 3 rings (SSSR count). The number of carbonyl (C=O) groups excluding carboxylic acids is 1. The summed E-state index contributed by atoms with van der Waals surface area (Å²) in [5.41, 5.74) is 4.63. The Bertz CT molecular complexity index is 937. The van der Waals surface area contributed by atoms with Crippen LogP contribution in [0.3, 0.4) is 0 Å². The summed E-state index contributed by atoms with van der Waals surface area (Å²) in [6, 6.07) is 11.0. The minimum absolute atomic E-state index is 0.0526. The van der Waals surface area contributed by atoms with Crippen LogP contribution < -0.4 is 5.43 Å². The number of phenols is 1. The number of aromatic hydroxyl groups is 1. The van der Waals surface area contributed by atoms with Crippen LogP contribution in [-0.4, -0.2) is 26.8 Å². The summed E-state index contributed by atoms with van der Waals surface area (Å²) in [4.78, 5) is 16.2. The molecular formula is C16H12Br2N4O2. The summed E-state index contributed by atoms with van der Waals surface area (Å²) >= 11 is 6.57. The summed E-state index contributed by atoms with van der Waals surface area (Å²) in [5, 5.41) is 13.8. The number of aromatic nitrogens is 2. The minimum Gasteiger partial charge on any atom is -0.506 e. The fourth-order valence-corrected chi connectivity index (χ4v) is 3.44. The first kappa shape index (κ1) is 16.7. The maximum Gasteiger partial charge on any atom is 0.260 e. The van der Waals surface area contributed by atoms with Crippen LogP contribution in [0.25, 0.3) is 11.0 Å². The van der Waals surface area contributed by atoms with Crippen molar-refractivity contribution in [3.63, 3.8) is 0 Å². The quantitative estimate of drug-likeness (QED) is 0.471. The zero-order valence-electron chi connectivity index (χ0n) is 12.3. The van der Waals surface area contributed by atoms with E-state index in [9.17, 15) is 9.90 Å². The van der Waals surface area contributed by atoms with Gasteiger partial charge in [-0.05, 0) is 40.2 Å². The van der Waals surface area contributed by atoms with Gasteiger partial charge in [0.1, 0.15) is 12.3 Å². The highest BCUT2D eigenvalue weighted by Crippen LogP contribution is 2.30. The lowest BCUT2D eigenvalue weighted by molar-refractivity contribution is -0.121. The summed E-state index contributed by atoms with van der Waals surface area (Å²) in [6.45, 7) is 0.103. The molecule has 0 aliphatic heterocycles. The molecule has 122 valence electrons. The molecule has 0 unspecified atom stereocenters. The van der Waals surface area contributed by atoms with E-state index in [0.717, 1.165) is 15.5 Å². The van der Waals surface area contributed by atoms with E-state index in [1.54, 1.807) is 23.0 Å². The number of para-hydroxylation sites is 2. The first-order valence-electron chi connectivity index (χ1n) is 6.94. The molecule has 2 N–H and O–H groups in total. The van der Waals surface area contributed by atoms with Crippen LogP contribution >= 0.6 is 31.9 Å². The second-order valence-corrected chi connectivity index (χ2v) is 6.75. The number of carbonyl (C=O) groups is 1. The second-order valence-electron chi connectivity index (χ2n) is 4.98. The number of phenolic OH excluding ortho intramolecular Hbond substituents is 1. The molecule has 0 bridgehead atoms. The minimum atomic E-state index is -0.289. The van der Waals surface area contributed by atoms with Gasteiger partial charge < -0.3 is 9.67 Å². The molecule has 0 saturated heterocycles. The molecule has 0 radical (unpaired) electrons. The Morgan fingerprint density at radius 2 is 2.12 bits per heavy atom. The lowest BCUT2D eigenvalue weighted by Crippen LogP contribution is -2.22. The predicted octanol–water partition coefficient (Wildman–Crippen LogP) is 3.42. The van der Waals surface area contributed by atoms with Gasteiger partial charge in [0.25, 0.3) is 5.91 Å². The zero-order valence-corrected chi connectivity index (χ0v) is 15.5. The highest BCUT2D eigenvalue weighted by Gasteiger charge is 2.07. The molecule has 6 nitrogen and oxygen atoms in total. The maximum absolute atomic E-state index is 12.0.